The highest BCUT2D eigenvalue weighted by Gasteiger charge is 2.45. The maximum atomic E-state index is 12.9. The van der Waals surface area contributed by atoms with Crippen LogP contribution in [0.1, 0.15) is 135 Å². The van der Waals surface area contributed by atoms with Gasteiger partial charge in [-0.05, 0) is 38.5 Å². The summed E-state index contributed by atoms with van der Waals surface area (Å²) < 4.78 is 11.1. The largest absolute Gasteiger partial charge is 0.394 e. The summed E-state index contributed by atoms with van der Waals surface area (Å²) in [6.45, 7) is 1.91. The van der Waals surface area contributed by atoms with Crippen LogP contribution in [0.5, 0.6) is 0 Å². The van der Waals surface area contributed by atoms with E-state index in [0.29, 0.717) is 24.6 Å². The number of aliphatic hydroxyl groups is 5. The summed E-state index contributed by atoms with van der Waals surface area (Å²) in [7, 11) is 0. The van der Waals surface area contributed by atoms with E-state index in [1.807, 2.05) is 17.8 Å². The van der Waals surface area contributed by atoms with Crippen LogP contribution in [0, 0.1) is 0 Å². The fourth-order valence-electron chi connectivity index (χ4n) is 7.38. The maximum absolute atomic E-state index is 12.9. The molecule has 9 N–H and O–H groups in total. The Morgan fingerprint density at radius 1 is 0.873 bits per heavy atom. The maximum Gasteiger partial charge on any atom is 0.315 e. The molecule has 0 aromatic heterocycles. The smallest absolute Gasteiger partial charge is 0.315 e. The molecule has 55 heavy (non-hydrogen) atoms. The van der Waals surface area contributed by atoms with Crippen molar-refractivity contribution in [1.82, 2.24) is 21.3 Å². The third-order valence-electron chi connectivity index (χ3n) is 10.8. The minimum absolute atomic E-state index is 0.0123. The number of allylic oxidation sites excluding steroid dienone is 1. The Kier molecular flexibility index (Phi) is 23.8. The van der Waals surface area contributed by atoms with E-state index in [-0.39, 0.29) is 43.0 Å². The number of carbonyl (C=O) groups excluding carboxylic acids is 3. The minimum atomic E-state index is -1.60. The molecule has 0 aromatic carbocycles. The highest BCUT2D eigenvalue weighted by atomic mass is 32.2. The lowest BCUT2D eigenvalue weighted by molar-refractivity contribution is -0.302. The van der Waals surface area contributed by atoms with Gasteiger partial charge < -0.3 is 56.3 Å². The molecule has 0 radical (unpaired) electrons. The van der Waals surface area contributed by atoms with E-state index in [0.717, 1.165) is 57.1 Å². The molecule has 3 fully saturated rings. The highest BCUT2D eigenvalue weighted by Crippen LogP contribution is 2.33. The number of ether oxygens (including phenoxy) is 2. The monoisotopic (exact) mass is 800 g/mol. The van der Waals surface area contributed by atoms with Gasteiger partial charge in [0.05, 0.1) is 37.4 Å². The number of urea groups is 1. The molecule has 0 aromatic rings. The van der Waals surface area contributed by atoms with Crippen molar-refractivity contribution in [3.8, 4) is 0 Å². The van der Waals surface area contributed by atoms with Crippen LogP contribution in [-0.2, 0) is 19.1 Å². The normalized spacial score (nSPS) is 27.4. The first-order chi connectivity index (χ1) is 26.6. The summed E-state index contributed by atoms with van der Waals surface area (Å²) in [5.41, 5.74) is 0. The zero-order valence-electron chi connectivity index (χ0n) is 33.1. The van der Waals surface area contributed by atoms with Gasteiger partial charge in [-0.2, -0.15) is 11.8 Å². The average molecular weight is 801 g/mol. The summed E-state index contributed by atoms with van der Waals surface area (Å²) in [5, 5.41) is 63.3. The number of unbranched alkanes of at least 4 members (excludes halogenated alkanes) is 14. The first-order valence-electron chi connectivity index (χ1n) is 21.2. The van der Waals surface area contributed by atoms with Gasteiger partial charge in [0, 0.05) is 30.4 Å². The number of hydrogen-bond donors (Lipinski definition) is 9. The van der Waals surface area contributed by atoms with Crippen molar-refractivity contribution >= 4 is 29.6 Å². The van der Waals surface area contributed by atoms with E-state index in [1.165, 1.54) is 57.8 Å². The Morgan fingerprint density at radius 2 is 1.53 bits per heavy atom. The molecule has 10 atom stereocenters. The van der Waals surface area contributed by atoms with Crippen LogP contribution in [0.2, 0.25) is 0 Å². The molecule has 3 heterocycles. The van der Waals surface area contributed by atoms with Crippen LogP contribution in [0.25, 0.3) is 0 Å². The van der Waals surface area contributed by atoms with Gasteiger partial charge in [-0.3, -0.25) is 9.59 Å². The minimum Gasteiger partial charge on any atom is -0.394 e. The SMILES string of the molecule is CCCCCCCCCCCCCC=CC(O)C(COC1OC(CO)C(O)C(O)C1O)NC(=O)CCCCCNC(=O)CCCCC1SCC2NC(=O)NC21. The molecule has 3 aliphatic rings. The van der Waals surface area contributed by atoms with Crippen LogP contribution in [0.3, 0.4) is 0 Å². The van der Waals surface area contributed by atoms with Crippen molar-refractivity contribution in [2.45, 2.75) is 196 Å². The van der Waals surface area contributed by atoms with Gasteiger partial charge in [0.1, 0.15) is 24.4 Å². The Hall–Kier alpha value is -1.98. The van der Waals surface area contributed by atoms with Gasteiger partial charge in [0.25, 0.3) is 0 Å². The molecular formula is C40H72N4O10S. The van der Waals surface area contributed by atoms with E-state index in [4.69, 9.17) is 9.47 Å². The van der Waals surface area contributed by atoms with E-state index < -0.39 is 49.5 Å². The number of amides is 4. The van der Waals surface area contributed by atoms with Crippen LogP contribution >= 0.6 is 11.8 Å². The molecule has 3 aliphatic heterocycles. The number of hydrogen-bond acceptors (Lipinski definition) is 11. The fraction of sp³-hybridized carbons (Fsp3) is 0.875. The average Bonchev–Trinajstić information content (AvgIpc) is 3.73. The Morgan fingerprint density at radius 3 is 2.24 bits per heavy atom. The molecule has 4 amide bonds. The number of rotatable bonds is 30. The van der Waals surface area contributed by atoms with Crippen LogP contribution < -0.4 is 21.3 Å². The van der Waals surface area contributed by atoms with E-state index in [2.05, 4.69) is 28.2 Å². The third-order valence-corrected chi connectivity index (χ3v) is 12.3. The van der Waals surface area contributed by atoms with Gasteiger partial charge in [0.2, 0.25) is 11.8 Å². The lowest BCUT2D eigenvalue weighted by Gasteiger charge is -2.40. The van der Waals surface area contributed by atoms with Crippen molar-refractivity contribution in [1.29, 1.82) is 0 Å². The second-order valence-electron chi connectivity index (χ2n) is 15.5. The molecule has 318 valence electrons. The second-order valence-corrected chi connectivity index (χ2v) is 16.7. The molecule has 0 spiro atoms. The number of nitrogens with one attached hydrogen (secondary N) is 4. The van der Waals surface area contributed by atoms with Crippen molar-refractivity contribution in [3.05, 3.63) is 12.2 Å². The predicted molar refractivity (Wildman–Crippen MR) is 213 cm³/mol. The molecule has 3 saturated heterocycles. The lowest BCUT2D eigenvalue weighted by atomic mass is 9.99. The topological polar surface area (TPSA) is 219 Å². The lowest BCUT2D eigenvalue weighted by Crippen LogP contribution is -2.60. The summed E-state index contributed by atoms with van der Waals surface area (Å²) in [4.78, 5) is 36.8. The van der Waals surface area contributed by atoms with E-state index >= 15 is 0 Å². The second kappa shape index (κ2) is 27.6. The summed E-state index contributed by atoms with van der Waals surface area (Å²) in [5.74, 6) is 0.651. The zero-order valence-corrected chi connectivity index (χ0v) is 33.9. The van der Waals surface area contributed by atoms with Gasteiger partial charge in [-0.1, -0.05) is 96.1 Å². The molecule has 15 heteroatoms. The molecule has 0 saturated carbocycles. The Bertz CT molecular complexity index is 1120. The van der Waals surface area contributed by atoms with Gasteiger partial charge in [-0.15, -0.1) is 0 Å². The number of carbonyl (C=O) groups is 3. The van der Waals surface area contributed by atoms with Crippen LogP contribution in [-0.4, -0.2) is 129 Å². The zero-order chi connectivity index (χ0) is 39.8. The van der Waals surface area contributed by atoms with Crippen molar-refractivity contribution in [2.75, 3.05) is 25.5 Å². The molecule has 0 bridgehead atoms. The molecule has 14 nitrogen and oxygen atoms in total. The molecule has 0 aliphatic carbocycles. The summed E-state index contributed by atoms with van der Waals surface area (Å²) >= 11 is 1.88. The number of fused-ring (bicyclic) bond motifs is 1. The summed E-state index contributed by atoms with van der Waals surface area (Å²) in [6.07, 6.45) is 15.1. The van der Waals surface area contributed by atoms with Crippen LogP contribution in [0.15, 0.2) is 12.2 Å². The van der Waals surface area contributed by atoms with Crippen molar-refractivity contribution < 1.29 is 49.4 Å². The molecule has 3 rings (SSSR count). The first-order valence-corrected chi connectivity index (χ1v) is 22.2. The van der Waals surface area contributed by atoms with Gasteiger partial charge in [0.15, 0.2) is 6.29 Å². The van der Waals surface area contributed by atoms with Crippen molar-refractivity contribution in [3.63, 3.8) is 0 Å². The molecule has 10 unspecified atom stereocenters. The van der Waals surface area contributed by atoms with Gasteiger partial charge >= 0.3 is 6.03 Å². The van der Waals surface area contributed by atoms with Crippen LogP contribution in [0.4, 0.5) is 4.79 Å². The van der Waals surface area contributed by atoms with E-state index in [1.54, 1.807) is 6.08 Å². The van der Waals surface area contributed by atoms with Crippen molar-refractivity contribution in [2.24, 2.45) is 0 Å². The summed E-state index contributed by atoms with van der Waals surface area (Å²) in [6, 6.07) is -0.578. The number of thioether (sulfide) groups is 1. The Labute approximate surface area is 332 Å². The van der Waals surface area contributed by atoms with E-state index in [9.17, 15) is 39.9 Å². The third kappa shape index (κ3) is 18.0. The highest BCUT2D eigenvalue weighted by molar-refractivity contribution is 8.00. The van der Waals surface area contributed by atoms with Gasteiger partial charge in [-0.25, -0.2) is 4.79 Å². The first kappa shape index (κ1) is 47.4. The number of aliphatic hydroxyl groups excluding tert-OH is 5. The fourth-order valence-corrected chi connectivity index (χ4v) is 8.93. The molecular weight excluding hydrogens is 729 g/mol. The predicted octanol–water partition coefficient (Wildman–Crippen LogP) is 3.31. The quantitative estimate of drug-likeness (QED) is 0.0292. The Balaban J connectivity index is 1.32. The standard InChI is InChI=1S/C40H72N4O10S/c1-2-3-4-5-6-7-8-9-10-11-12-13-15-20-30(46)28(26-53-39-38(51)37(50)36(49)31(25-45)54-39)42-34(48)23-16-14-19-24-41-33(47)22-18-17-21-32-35-29(27-55-32)43-40(52)44-35/h15,20,28-32,35-39,45-46,49-51H,2-14,16-19,21-27H2,1H3,(H,41,47)(H,42,48)(H2,43,44,52).